The van der Waals surface area contributed by atoms with E-state index in [0.717, 1.165) is 30.2 Å². The number of rotatable bonds is 5. The number of anilines is 3. The number of hydrogen-bond acceptors (Lipinski definition) is 4. The van der Waals surface area contributed by atoms with Crippen LogP contribution in [0.2, 0.25) is 0 Å². The molecule has 0 fully saturated rings. The Bertz CT molecular complexity index is 505. The zero-order valence-electron chi connectivity index (χ0n) is 11.7. The van der Waals surface area contributed by atoms with E-state index in [2.05, 4.69) is 34.3 Å². The first kappa shape index (κ1) is 13.3. The minimum atomic E-state index is 0.720. The van der Waals surface area contributed by atoms with Crippen LogP contribution >= 0.6 is 0 Å². The van der Waals surface area contributed by atoms with Crippen LogP contribution in [0.15, 0.2) is 36.7 Å². The Balaban J connectivity index is 2.15. The monoisotopic (exact) mass is 256 g/mol. The van der Waals surface area contributed by atoms with E-state index in [-0.39, 0.29) is 0 Å². The predicted octanol–water partition coefficient (Wildman–Crippen LogP) is 3.24. The van der Waals surface area contributed by atoms with Gasteiger partial charge in [0.2, 0.25) is 5.95 Å². The minimum Gasteiger partial charge on any atom is -0.388 e. The molecule has 19 heavy (non-hydrogen) atoms. The lowest BCUT2D eigenvalue weighted by Crippen LogP contribution is -2.13. The maximum atomic E-state index is 4.42. The molecule has 4 heteroatoms. The smallest absolute Gasteiger partial charge is 0.229 e. The van der Waals surface area contributed by atoms with E-state index in [1.165, 1.54) is 5.56 Å². The van der Waals surface area contributed by atoms with Gasteiger partial charge in [-0.1, -0.05) is 13.3 Å². The molecule has 0 aliphatic heterocycles. The molecular weight excluding hydrogens is 236 g/mol. The summed E-state index contributed by atoms with van der Waals surface area (Å²) >= 11 is 0. The fourth-order valence-electron chi connectivity index (χ4n) is 1.91. The maximum absolute atomic E-state index is 4.42. The van der Waals surface area contributed by atoms with E-state index in [9.17, 15) is 0 Å². The van der Waals surface area contributed by atoms with Gasteiger partial charge in [-0.3, -0.25) is 0 Å². The molecular formula is C15H20N4. The zero-order chi connectivity index (χ0) is 13.7. The second-order valence-corrected chi connectivity index (χ2v) is 4.50. The number of benzene rings is 1. The largest absolute Gasteiger partial charge is 0.388 e. The summed E-state index contributed by atoms with van der Waals surface area (Å²) < 4.78 is 0. The van der Waals surface area contributed by atoms with Gasteiger partial charge in [0, 0.05) is 37.9 Å². The molecule has 2 rings (SSSR count). The summed E-state index contributed by atoms with van der Waals surface area (Å²) in [5.41, 5.74) is 3.35. The van der Waals surface area contributed by atoms with E-state index in [0.29, 0.717) is 0 Å². The van der Waals surface area contributed by atoms with Crippen LogP contribution in [0.5, 0.6) is 0 Å². The van der Waals surface area contributed by atoms with Crippen molar-refractivity contribution in [2.45, 2.75) is 19.8 Å². The van der Waals surface area contributed by atoms with Gasteiger partial charge in [0.25, 0.3) is 0 Å². The molecule has 0 unspecified atom stereocenters. The first-order valence-corrected chi connectivity index (χ1v) is 6.57. The molecule has 0 aliphatic rings. The van der Waals surface area contributed by atoms with E-state index in [4.69, 9.17) is 0 Å². The normalized spacial score (nSPS) is 10.3. The molecule has 0 atom stereocenters. The minimum absolute atomic E-state index is 0.720. The maximum Gasteiger partial charge on any atom is 0.229 e. The standard InChI is InChI=1S/C15H20N4/c1-4-5-12-10-17-15(18-11-12)19(3)14-8-6-13(16-2)7-9-14/h6-11,16H,4-5H2,1-3H3. The van der Waals surface area contributed by atoms with Crippen LogP contribution in [-0.2, 0) is 6.42 Å². The lowest BCUT2D eigenvalue weighted by Gasteiger charge is -2.17. The molecule has 0 bridgehead atoms. The summed E-state index contributed by atoms with van der Waals surface area (Å²) in [6, 6.07) is 8.18. The highest BCUT2D eigenvalue weighted by Crippen LogP contribution is 2.21. The molecule has 0 saturated heterocycles. The zero-order valence-corrected chi connectivity index (χ0v) is 11.7. The van der Waals surface area contributed by atoms with Gasteiger partial charge in [-0.05, 0) is 36.2 Å². The Labute approximate surface area is 114 Å². The van der Waals surface area contributed by atoms with Crippen LogP contribution in [0.25, 0.3) is 0 Å². The third kappa shape index (κ3) is 3.22. The van der Waals surface area contributed by atoms with Gasteiger partial charge >= 0.3 is 0 Å². The van der Waals surface area contributed by atoms with Crippen LogP contribution in [0.4, 0.5) is 17.3 Å². The number of nitrogens with one attached hydrogen (secondary N) is 1. The SMILES string of the molecule is CCCc1cnc(N(C)c2ccc(NC)cc2)nc1. The first-order chi connectivity index (χ1) is 9.24. The van der Waals surface area contributed by atoms with Crippen molar-refractivity contribution in [1.82, 2.24) is 9.97 Å². The number of nitrogens with zero attached hydrogens (tertiary/aromatic N) is 3. The van der Waals surface area contributed by atoms with Crippen molar-refractivity contribution < 1.29 is 0 Å². The van der Waals surface area contributed by atoms with E-state index in [1.807, 2.05) is 43.5 Å². The molecule has 1 aromatic carbocycles. The highest BCUT2D eigenvalue weighted by molar-refractivity contribution is 5.60. The Hall–Kier alpha value is -2.10. The number of hydrogen-bond donors (Lipinski definition) is 1. The van der Waals surface area contributed by atoms with Crippen LogP contribution in [0, 0.1) is 0 Å². The second-order valence-electron chi connectivity index (χ2n) is 4.50. The highest BCUT2D eigenvalue weighted by Gasteiger charge is 2.06. The van der Waals surface area contributed by atoms with Crippen LogP contribution in [-0.4, -0.2) is 24.1 Å². The lowest BCUT2D eigenvalue weighted by atomic mass is 10.2. The molecule has 0 spiro atoms. The van der Waals surface area contributed by atoms with Gasteiger partial charge in [-0.25, -0.2) is 9.97 Å². The van der Waals surface area contributed by atoms with Crippen molar-refractivity contribution in [3.63, 3.8) is 0 Å². The van der Waals surface area contributed by atoms with Gasteiger partial charge in [-0.2, -0.15) is 0 Å². The Morgan fingerprint density at radius 2 is 1.74 bits per heavy atom. The van der Waals surface area contributed by atoms with Crippen molar-refractivity contribution in [2.75, 3.05) is 24.3 Å². The molecule has 4 nitrogen and oxygen atoms in total. The van der Waals surface area contributed by atoms with Gasteiger partial charge < -0.3 is 10.2 Å². The number of aromatic nitrogens is 2. The third-order valence-corrected chi connectivity index (χ3v) is 3.07. The highest BCUT2D eigenvalue weighted by atomic mass is 15.2. The van der Waals surface area contributed by atoms with Crippen molar-refractivity contribution in [3.05, 3.63) is 42.2 Å². The Kier molecular flexibility index (Phi) is 4.34. The number of aryl methyl sites for hydroxylation is 1. The van der Waals surface area contributed by atoms with Gasteiger partial charge in [-0.15, -0.1) is 0 Å². The molecule has 1 aromatic heterocycles. The van der Waals surface area contributed by atoms with Crippen LogP contribution in [0.1, 0.15) is 18.9 Å². The molecule has 2 aromatic rings. The molecule has 100 valence electrons. The molecule has 0 aliphatic carbocycles. The molecule has 0 radical (unpaired) electrons. The fraction of sp³-hybridized carbons (Fsp3) is 0.333. The molecule has 1 heterocycles. The van der Waals surface area contributed by atoms with Gasteiger partial charge in [0.1, 0.15) is 0 Å². The average Bonchev–Trinajstić information content (AvgIpc) is 2.48. The summed E-state index contributed by atoms with van der Waals surface area (Å²) in [6.07, 6.45) is 5.96. The van der Waals surface area contributed by atoms with Crippen LogP contribution < -0.4 is 10.2 Å². The topological polar surface area (TPSA) is 41.1 Å². The summed E-state index contributed by atoms with van der Waals surface area (Å²) in [6.45, 7) is 2.16. The van der Waals surface area contributed by atoms with Crippen molar-refractivity contribution in [3.8, 4) is 0 Å². The van der Waals surface area contributed by atoms with Crippen molar-refractivity contribution in [2.24, 2.45) is 0 Å². The predicted molar refractivity (Wildman–Crippen MR) is 80.1 cm³/mol. The van der Waals surface area contributed by atoms with Crippen molar-refractivity contribution in [1.29, 1.82) is 0 Å². The van der Waals surface area contributed by atoms with E-state index >= 15 is 0 Å². The Morgan fingerprint density at radius 1 is 1.11 bits per heavy atom. The molecule has 0 saturated carbocycles. The second kappa shape index (κ2) is 6.18. The Morgan fingerprint density at radius 3 is 2.26 bits per heavy atom. The van der Waals surface area contributed by atoms with E-state index in [1.54, 1.807) is 0 Å². The van der Waals surface area contributed by atoms with Gasteiger partial charge in [0.15, 0.2) is 0 Å². The quantitative estimate of drug-likeness (QED) is 0.891. The summed E-state index contributed by atoms with van der Waals surface area (Å²) in [5, 5.41) is 3.10. The molecule has 1 N–H and O–H groups in total. The third-order valence-electron chi connectivity index (χ3n) is 3.07. The summed E-state index contributed by atoms with van der Waals surface area (Å²) in [5.74, 6) is 0.720. The average molecular weight is 256 g/mol. The fourth-order valence-corrected chi connectivity index (χ4v) is 1.91. The van der Waals surface area contributed by atoms with E-state index < -0.39 is 0 Å². The van der Waals surface area contributed by atoms with Gasteiger partial charge in [0.05, 0.1) is 0 Å². The molecule has 0 amide bonds. The first-order valence-electron chi connectivity index (χ1n) is 6.57. The summed E-state index contributed by atoms with van der Waals surface area (Å²) in [4.78, 5) is 10.8. The summed E-state index contributed by atoms with van der Waals surface area (Å²) in [7, 11) is 3.89. The van der Waals surface area contributed by atoms with Crippen molar-refractivity contribution >= 4 is 17.3 Å². The lowest BCUT2D eigenvalue weighted by molar-refractivity contribution is 0.895. The van der Waals surface area contributed by atoms with Crippen LogP contribution in [0.3, 0.4) is 0 Å².